The summed E-state index contributed by atoms with van der Waals surface area (Å²) in [5.74, 6) is -0.494. The summed E-state index contributed by atoms with van der Waals surface area (Å²) in [5, 5.41) is 0. The molecule has 0 aliphatic carbocycles. The van der Waals surface area contributed by atoms with E-state index in [0.717, 1.165) is 5.56 Å². The van der Waals surface area contributed by atoms with Crippen molar-refractivity contribution in [1.82, 2.24) is 9.88 Å². The van der Waals surface area contributed by atoms with Gasteiger partial charge in [0.2, 0.25) is 0 Å². The van der Waals surface area contributed by atoms with Crippen LogP contribution < -0.4 is 0 Å². The summed E-state index contributed by atoms with van der Waals surface area (Å²) < 4.78 is 9.28. The second-order valence-electron chi connectivity index (χ2n) is 3.69. The van der Waals surface area contributed by atoms with Gasteiger partial charge < -0.3 is 9.47 Å². The third kappa shape index (κ3) is 3.44. The minimum absolute atomic E-state index is 0.326. The maximum atomic E-state index is 11.7. The molecule has 0 saturated heterocycles. The lowest BCUT2D eigenvalue weighted by Crippen LogP contribution is -2.44. The summed E-state index contributed by atoms with van der Waals surface area (Å²) in [5.41, 5.74) is 0.837. The molecule has 0 radical (unpaired) electrons. The van der Waals surface area contributed by atoms with Crippen LogP contribution in [0.5, 0.6) is 0 Å². The highest BCUT2D eigenvalue weighted by molar-refractivity contribution is 5.81. The van der Waals surface area contributed by atoms with Crippen molar-refractivity contribution < 1.29 is 19.1 Å². The van der Waals surface area contributed by atoms with Gasteiger partial charge in [0, 0.05) is 25.9 Å². The zero-order valence-corrected chi connectivity index (χ0v) is 10.6. The van der Waals surface area contributed by atoms with E-state index >= 15 is 0 Å². The third-order valence-electron chi connectivity index (χ3n) is 2.56. The number of methoxy groups -OCH3 is 2. The van der Waals surface area contributed by atoms with E-state index in [-0.39, 0.29) is 0 Å². The van der Waals surface area contributed by atoms with E-state index in [9.17, 15) is 9.59 Å². The molecule has 6 nitrogen and oxygen atoms in total. The second kappa shape index (κ2) is 6.58. The van der Waals surface area contributed by atoms with Crippen LogP contribution in [0, 0.1) is 0 Å². The molecule has 0 spiro atoms. The summed E-state index contributed by atoms with van der Waals surface area (Å²) >= 11 is 0. The molecule has 1 atom stereocenters. The van der Waals surface area contributed by atoms with Crippen molar-refractivity contribution in [3.8, 4) is 0 Å². The maximum absolute atomic E-state index is 11.7. The molecule has 0 N–H and O–H groups in total. The Kier molecular flexibility index (Phi) is 5.10. The highest BCUT2D eigenvalue weighted by Crippen LogP contribution is 2.09. The number of esters is 1. The Bertz CT molecular complexity index is 408. The second-order valence-corrected chi connectivity index (χ2v) is 3.69. The van der Waals surface area contributed by atoms with Crippen LogP contribution in [0.1, 0.15) is 5.56 Å². The largest absolute Gasteiger partial charge is 0.467 e. The molecule has 0 aliphatic rings. The van der Waals surface area contributed by atoms with Crippen LogP contribution in [0.3, 0.4) is 0 Å². The van der Waals surface area contributed by atoms with E-state index in [1.54, 1.807) is 18.5 Å². The van der Waals surface area contributed by atoms with E-state index in [2.05, 4.69) is 9.72 Å². The van der Waals surface area contributed by atoms with E-state index < -0.39 is 18.1 Å². The highest BCUT2D eigenvalue weighted by Gasteiger charge is 2.28. The number of hydrogen-bond donors (Lipinski definition) is 0. The lowest BCUT2D eigenvalue weighted by molar-refractivity contribution is -0.145. The number of aromatic nitrogens is 1. The van der Waals surface area contributed by atoms with E-state index in [0.29, 0.717) is 6.42 Å². The summed E-state index contributed by atoms with van der Waals surface area (Å²) in [6, 6.07) is 2.86. The van der Waals surface area contributed by atoms with Crippen LogP contribution in [-0.2, 0) is 20.7 Å². The summed E-state index contributed by atoms with van der Waals surface area (Å²) in [4.78, 5) is 28.3. The molecule has 1 heterocycles. The average Bonchev–Trinajstić information content (AvgIpc) is 2.43. The Morgan fingerprint density at radius 2 is 2.11 bits per heavy atom. The quantitative estimate of drug-likeness (QED) is 0.743. The van der Waals surface area contributed by atoms with Crippen LogP contribution in [0.25, 0.3) is 0 Å². The SMILES string of the molecule is COC(=O)C(Cc1cccnc1)N(C)C(=O)OC. The van der Waals surface area contributed by atoms with E-state index in [1.807, 2.05) is 6.07 Å². The minimum atomic E-state index is -0.730. The number of pyridine rings is 1. The molecule has 1 unspecified atom stereocenters. The van der Waals surface area contributed by atoms with Crippen molar-refractivity contribution in [3.05, 3.63) is 30.1 Å². The van der Waals surface area contributed by atoms with Crippen LogP contribution >= 0.6 is 0 Å². The van der Waals surface area contributed by atoms with Crippen molar-refractivity contribution in [2.24, 2.45) is 0 Å². The van der Waals surface area contributed by atoms with Gasteiger partial charge in [-0.25, -0.2) is 9.59 Å². The first-order valence-electron chi connectivity index (χ1n) is 5.37. The molecule has 1 amide bonds. The first-order chi connectivity index (χ1) is 8.60. The maximum Gasteiger partial charge on any atom is 0.409 e. The average molecular weight is 252 g/mol. The Balaban J connectivity index is 2.86. The van der Waals surface area contributed by atoms with Crippen LogP contribution in [0.2, 0.25) is 0 Å². The zero-order chi connectivity index (χ0) is 13.5. The lowest BCUT2D eigenvalue weighted by atomic mass is 10.1. The first kappa shape index (κ1) is 14.0. The van der Waals surface area contributed by atoms with Gasteiger partial charge in [0.25, 0.3) is 0 Å². The van der Waals surface area contributed by atoms with Gasteiger partial charge in [0.1, 0.15) is 6.04 Å². The van der Waals surface area contributed by atoms with E-state index in [1.165, 1.54) is 26.2 Å². The standard InChI is InChI=1S/C12H16N2O4/c1-14(12(16)18-3)10(11(15)17-2)7-9-5-4-6-13-8-9/h4-6,8,10H,7H2,1-3H3. The summed E-state index contributed by atoms with van der Waals surface area (Å²) in [6.07, 6.45) is 3.02. The van der Waals surface area contributed by atoms with Crippen molar-refractivity contribution in [2.75, 3.05) is 21.3 Å². The van der Waals surface area contributed by atoms with Gasteiger partial charge in [0.15, 0.2) is 0 Å². The molecule has 1 aromatic heterocycles. The third-order valence-corrected chi connectivity index (χ3v) is 2.56. The topological polar surface area (TPSA) is 68.7 Å². The van der Waals surface area contributed by atoms with E-state index in [4.69, 9.17) is 4.74 Å². The molecule has 1 rings (SSSR count). The van der Waals surface area contributed by atoms with Crippen molar-refractivity contribution >= 4 is 12.1 Å². The fourth-order valence-electron chi connectivity index (χ4n) is 1.53. The van der Waals surface area contributed by atoms with Crippen LogP contribution in [0.4, 0.5) is 4.79 Å². The number of carbonyl (C=O) groups is 2. The molecule has 0 aromatic carbocycles. The number of likely N-dealkylation sites (N-methyl/N-ethyl adjacent to an activating group) is 1. The zero-order valence-electron chi connectivity index (χ0n) is 10.6. The Morgan fingerprint density at radius 3 is 2.61 bits per heavy atom. The Morgan fingerprint density at radius 1 is 1.39 bits per heavy atom. The van der Waals surface area contributed by atoms with Gasteiger partial charge in [-0.15, -0.1) is 0 Å². The monoisotopic (exact) mass is 252 g/mol. The molecule has 98 valence electrons. The number of nitrogens with zero attached hydrogens (tertiary/aromatic N) is 2. The highest BCUT2D eigenvalue weighted by atomic mass is 16.5. The van der Waals surface area contributed by atoms with Crippen LogP contribution in [0.15, 0.2) is 24.5 Å². The van der Waals surface area contributed by atoms with Gasteiger partial charge >= 0.3 is 12.1 Å². The van der Waals surface area contributed by atoms with Gasteiger partial charge in [-0.1, -0.05) is 6.07 Å². The summed E-state index contributed by atoms with van der Waals surface area (Å²) in [7, 11) is 4.03. The number of amides is 1. The van der Waals surface area contributed by atoms with Crippen molar-refractivity contribution in [1.29, 1.82) is 0 Å². The van der Waals surface area contributed by atoms with Gasteiger partial charge in [-0.05, 0) is 11.6 Å². The molecular weight excluding hydrogens is 236 g/mol. The molecule has 0 aliphatic heterocycles. The molecule has 0 saturated carbocycles. The number of ether oxygens (including phenoxy) is 2. The molecule has 18 heavy (non-hydrogen) atoms. The fourth-order valence-corrected chi connectivity index (χ4v) is 1.53. The Hall–Kier alpha value is -2.11. The number of carbonyl (C=O) groups excluding carboxylic acids is 2. The molecule has 0 bridgehead atoms. The molecular formula is C12H16N2O4. The smallest absolute Gasteiger partial charge is 0.409 e. The van der Waals surface area contributed by atoms with Crippen molar-refractivity contribution in [2.45, 2.75) is 12.5 Å². The Labute approximate surface area is 106 Å². The fraction of sp³-hybridized carbons (Fsp3) is 0.417. The lowest BCUT2D eigenvalue weighted by Gasteiger charge is -2.24. The van der Waals surface area contributed by atoms with Gasteiger partial charge in [-0.3, -0.25) is 9.88 Å². The molecule has 0 fully saturated rings. The van der Waals surface area contributed by atoms with Gasteiger partial charge in [0.05, 0.1) is 14.2 Å². The molecule has 6 heteroatoms. The normalized spacial score (nSPS) is 11.5. The minimum Gasteiger partial charge on any atom is -0.467 e. The number of rotatable bonds is 4. The number of hydrogen-bond acceptors (Lipinski definition) is 5. The van der Waals surface area contributed by atoms with Crippen molar-refractivity contribution in [3.63, 3.8) is 0 Å². The predicted octanol–water partition coefficient (Wildman–Crippen LogP) is 0.864. The van der Waals surface area contributed by atoms with Crippen LogP contribution in [-0.4, -0.2) is 49.3 Å². The van der Waals surface area contributed by atoms with Gasteiger partial charge in [-0.2, -0.15) is 0 Å². The first-order valence-corrected chi connectivity index (χ1v) is 5.37. The predicted molar refractivity (Wildman–Crippen MR) is 63.9 cm³/mol. The summed E-state index contributed by atoms with van der Waals surface area (Å²) in [6.45, 7) is 0. The molecule has 1 aromatic rings.